The quantitative estimate of drug-likeness (QED) is 0.607. The molecule has 14 heavy (non-hydrogen) atoms. The van der Waals surface area contributed by atoms with Crippen LogP contribution < -0.4 is 10.6 Å². The Labute approximate surface area is 86.1 Å². The third kappa shape index (κ3) is 5.07. The maximum absolute atomic E-state index is 11.4. The molecule has 3 N–H and O–H groups in total. The summed E-state index contributed by atoms with van der Waals surface area (Å²) < 4.78 is 0. The van der Waals surface area contributed by atoms with E-state index in [1.54, 1.807) is 0 Å². The van der Waals surface area contributed by atoms with Gasteiger partial charge in [-0.15, -0.1) is 0 Å². The van der Waals surface area contributed by atoms with Crippen molar-refractivity contribution >= 4 is 6.03 Å². The van der Waals surface area contributed by atoms with Gasteiger partial charge in [0.2, 0.25) is 0 Å². The zero-order valence-corrected chi connectivity index (χ0v) is 9.34. The molecule has 0 aromatic rings. The van der Waals surface area contributed by atoms with Crippen LogP contribution >= 0.6 is 0 Å². The molecule has 0 aliphatic heterocycles. The second-order valence-electron chi connectivity index (χ2n) is 3.42. The summed E-state index contributed by atoms with van der Waals surface area (Å²) in [7, 11) is 0. The molecule has 0 bridgehead atoms. The van der Waals surface area contributed by atoms with Crippen molar-refractivity contribution in [3.8, 4) is 0 Å². The summed E-state index contributed by atoms with van der Waals surface area (Å²) in [6.45, 7) is 6.00. The number of urea groups is 1. The molecule has 0 aliphatic carbocycles. The number of carbonyl (C=O) groups excluding carboxylic acids is 1. The summed E-state index contributed by atoms with van der Waals surface area (Å²) in [6, 6.07) is -0.0878. The summed E-state index contributed by atoms with van der Waals surface area (Å²) in [5, 5.41) is 14.5. The molecule has 0 aliphatic rings. The van der Waals surface area contributed by atoms with Crippen molar-refractivity contribution in [1.29, 1.82) is 0 Å². The van der Waals surface area contributed by atoms with Crippen LogP contribution in [0.3, 0.4) is 0 Å². The summed E-state index contributed by atoms with van der Waals surface area (Å²) in [5.41, 5.74) is 0. The van der Waals surface area contributed by atoms with Crippen LogP contribution in [0.1, 0.15) is 40.0 Å². The highest BCUT2D eigenvalue weighted by molar-refractivity contribution is 5.74. The highest BCUT2D eigenvalue weighted by Gasteiger charge is 2.11. The van der Waals surface area contributed by atoms with Crippen LogP contribution in [-0.2, 0) is 0 Å². The molecule has 0 saturated heterocycles. The fraction of sp³-hybridized carbons (Fsp3) is 0.900. The molecule has 84 valence electrons. The Morgan fingerprint density at radius 3 is 1.86 bits per heavy atom. The average Bonchev–Trinajstić information content (AvgIpc) is 2.22. The van der Waals surface area contributed by atoms with E-state index >= 15 is 0 Å². The average molecular weight is 202 g/mol. The number of hydrogen-bond acceptors (Lipinski definition) is 2. The molecule has 0 fully saturated rings. The number of rotatable bonds is 6. The Bertz CT molecular complexity index is 138. The van der Waals surface area contributed by atoms with Crippen LogP contribution in [0.2, 0.25) is 0 Å². The van der Waals surface area contributed by atoms with Crippen LogP contribution in [0.5, 0.6) is 0 Å². The molecule has 0 rings (SSSR count). The Balaban J connectivity index is 3.83. The number of carbonyl (C=O) groups is 1. The molecular weight excluding hydrogens is 180 g/mol. The van der Waals surface area contributed by atoms with Gasteiger partial charge in [0, 0.05) is 6.04 Å². The maximum Gasteiger partial charge on any atom is 0.315 e. The van der Waals surface area contributed by atoms with Crippen LogP contribution in [0.25, 0.3) is 0 Å². The minimum Gasteiger partial charge on any atom is -0.394 e. The molecule has 2 amide bonds. The first kappa shape index (κ1) is 13.2. The second-order valence-corrected chi connectivity index (χ2v) is 3.42. The van der Waals surface area contributed by atoms with E-state index in [-0.39, 0.29) is 24.7 Å². The second kappa shape index (κ2) is 7.62. The van der Waals surface area contributed by atoms with Crippen molar-refractivity contribution in [2.24, 2.45) is 0 Å². The molecular formula is C10H22N2O2. The van der Waals surface area contributed by atoms with Crippen molar-refractivity contribution in [3.63, 3.8) is 0 Å². The maximum atomic E-state index is 11.4. The molecule has 0 aromatic carbocycles. The standard InChI is InChI=1S/C10H22N2O2/c1-4-8(5-2)11-10(14)12-9(6-3)7-13/h8-9,13H,4-7H2,1-3H3,(H2,11,12,14). The molecule has 0 heterocycles. The number of nitrogens with one attached hydrogen (secondary N) is 2. The lowest BCUT2D eigenvalue weighted by Crippen LogP contribution is -2.46. The van der Waals surface area contributed by atoms with Crippen molar-refractivity contribution in [2.75, 3.05) is 6.61 Å². The minimum atomic E-state index is -0.181. The summed E-state index contributed by atoms with van der Waals surface area (Å²) >= 11 is 0. The lowest BCUT2D eigenvalue weighted by molar-refractivity contribution is 0.211. The van der Waals surface area contributed by atoms with Crippen LogP contribution in [0.4, 0.5) is 4.79 Å². The van der Waals surface area contributed by atoms with E-state index in [1.807, 2.05) is 20.8 Å². The monoisotopic (exact) mass is 202 g/mol. The van der Waals surface area contributed by atoms with Gasteiger partial charge in [-0.05, 0) is 19.3 Å². The highest BCUT2D eigenvalue weighted by Crippen LogP contribution is 1.96. The SMILES string of the molecule is CCC(CC)NC(=O)NC(CC)CO. The highest BCUT2D eigenvalue weighted by atomic mass is 16.3. The van der Waals surface area contributed by atoms with E-state index in [0.29, 0.717) is 0 Å². The number of hydrogen-bond donors (Lipinski definition) is 3. The molecule has 4 nitrogen and oxygen atoms in total. The van der Waals surface area contributed by atoms with Gasteiger partial charge in [0.1, 0.15) is 0 Å². The summed E-state index contributed by atoms with van der Waals surface area (Å²) in [4.78, 5) is 11.4. The molecule has 4 heteroatoms. The van der Waals surface area contributed by atoms with E-state index in [2.05, 4.69) is 10.6 Å². The summed E-state index contributed by atoms with van der Waals surface area (Å²) in [5.74, 6) is 0. The number of amides is 2. The predicted octanol–water partition coefficient (Wildman–Crippen LogP) is 1.25. The van der Waals surface area contributed by atoms with E-state index in [9.17, 15) is 4.79 Å². The van der Waals surface area contributed by atoms with Gasteiger partial charge in [0.15, 0.2) is 0 Å². The number of aliphatic hydroxyl groups is 1. The van der Waals surface area contributed by atoms with Gasteiger partial charge in [-0.2, -0.15) is 0 Å². The van der Waals surface area contributed by atoms with Gasteiger partial charge >= 0.3 is 6.03 Å². The molecule has 0 spiro atoms. The van der Waals surface area contributed by atoms with E-state index in [0.717, 1.165) is 19.3 Å². The van der Waals surface area contributed by atoms with E-state index in [1.165, 1.54) is 0 Å². The fourth-order valence-electron chi connectivity index (χ4n) is 1.18. The normalized spacial score (nSPS) is 12.6. The topological polar surface area (TPSA) is 61.4 Å². The smallest absolute Gasteiger partial charge is 0.315 e. The first-order valence-corrected chi connectivity index (χ1v) is 5.35. The van der Waals surface area contributed by atoms with Crippen LogP contribution in [0, 0.1) is 0 Å². The molecule has 1 atom stereocenters. The van der Waals surface area contributed by atoms with Gasteiger partial charge in [0.25, 0.3) is 0 Å². The Kier molecular flexibility index (Phi) is 7.20. The Hall–Kier alpha value is -0.770. The van der Waals surface area contributed by atoms with E-state index in [4.69, 9.17) is 5.11 Å². The van der Waals surface area contributed by atoms with Crippen molar-refractivity contribution in [2.45, 2.75) is 52.1 Å². The molecule has 0 aromatic heterocycles. The number of aliphatic hydroxyl groups excluding tert-OH is 1. The van der Waals surface area contributed by atoms with Crippen molar-refractivity contribution in [1.82, 2.24) is 10.6 Å². The van der Waals surface area contributed by atoms with Gasteiger partial charge in [0.05, 0.1) is 12.6 Å². The Morgan fingerprint density at radius 2 is 1.50 bits per heavy atom. The van der Waals surface area contributed by atoms with Gasteiger partial charge < -0.3 is 15.7 Å². The predicted molar refractivity (Wildman–Crippen MR) is 57.2 cm³/mol. The molecule has 0 radical (unpaired) electrons. The lowest BCUT2D eigenvalue weighted by atomic mass is 10.2. The third-order valence-corrected chi connectivity index (χ3v) is 2.37. The van der Waals surface area contributed by atoms with Crippen molar-refractivity contribution in [3.05, 3.63) is 0 Å². The van der Waals surface area contributed by atoms with Crippen LogP contribution in [-0.4, -0.2) is 29.8 Å². The fourth-order valence-corrected chi connectivity index (χ4v) is 1.18. The van der Waals surface area contributed by atoms with Gasteiger partial charge in [-0.25, -0.2) is 4.79 Å². The first-order valence-electron chi connectivity index (χ1n) is 5.35. The van der Waals surface area contributed by atoms with Gasteiger partial charge in [-0.3, -0.25) is 0 Å². The lowest BCUT2D eigenvalue weighted by Gasteiger charge is -2.19. The van der Waals surface area contributed by atoms with E-state index < -0.39 is 0 Å². The first-order chi connectivity index (χ1) is 6.67. The zero-order valence-electron chi connectivity index (χ0n) is 9.34. The van der Waals surface area contributed by atoms with Crippen LogP contribution in [0.15, 0.2) is 0 Å². The largest absolute Gasteiger partial charge is 0.394 e. The molecule has 1 unspecified atom stereocenters. The Morgan fingerprint density at radius 1 is 1.07 bits per heavy atom. The van der Waals surface area contributed by atoms with Gasteiger partial charge in [-0.1, -0.05) is 20.8 Å². The van der Waals surface area contributed by atoms with Crippen molar-refractivity contribution < 1.29 is 9.90 Å². The molecule has 0 saturated carbocycles. The zero-order chi connectivity index (χ0) is 11.0. The minimum absolute atomic E-state index is 0.00711. The third-order valence-electron chi connectivity index (χ3n) is 2.37. The summed E-state index contributed by atoms with van der Waals surface area (Å²) in [6.07, 6.45) is 2.60.